The van der Waals surface area contributed by atoms with Gasteiger partial charge in [-0.3, -0.25) is 0 Å². The Morgan fingerprint density at radius 3 is 2.07 bits per heavy atom. The molecule has 0 spiro atoms. The molecule has 0 unspecified atom stereocenters. The van der Waals surface area contributed by atoms with E-state index in [0.29, 0.717) is 7.92 Å². The van der Waals surface area contributed by atoms with E-state index in [-0.39, 0.29) is 0 Å². The molecule has 0 aliphatic heterocycles. The summed E-state index contributed by atoms with van der Waals surface area (Å²) in [5.74, 6) is 0. The second-order valence-electron chi connectivity index (χ2n) is 3.65. The van der Waals surface area contributed by atoms with Crippen LogP contribution in [0.15, 0.2) is 30.3 Å². The van der Waals surface area contributed by atoms with Crippen LogP contribution in [0.5, 0.6) is 0 Å². The van der Waals surface area contributed by atoms with Crippen molar-refractivity contribution in [1.82, 2.24) is 0 Å². The molecule has 0 heterocycles. The van der Waals surface area contributed by atoms with Gasteiger partial charge in [-0.15, -0.1) is 7.92 Å². The van der Waals surface area contributed by atoms with Crippen LogP contribution in [-0.4, -0.2) is 20.0 Å². The fourth-order valence-corrected chi connectivity index (χ4v) is 1.20. The fraction of sp³-hybridized carbons (Fsp3) is 0.429. The second kappa shape index (κ2) is 8.68. The van der Waals surface area contributed by atoms with Gasteiger partial charge in [-0.05, 0) is 37.5 Å². The minimum Gasteiger partial charge on any atom is -0.116 e. The molecule has 0 fully saturated rings. The molecule has 1 aliphatic carbocycles. The van der Waals surface area contributed by atoms with E-state index in [1.807, 2.05) is 13.8 Å². The Bertz CT molecular complexity index is 284. The third-order valence-electron chi connectivity index (χ3n) is 1.69. The molecular formula is C14H23P. The molecule has 1 aromatic carbocycles. The van der Waals surface area contributed by atoms with Gasteiger partial charge in [0, 0.05) is 0 Å². The molecule has 0 radical (unpaired) electrons. The Morgan fingerprint density at radius 2 is 1.53 bits per heavy atom. The van der Waals surface area contributed by atoms with E-state index in [1.54, 1.807) is 0 Å². The topological polar surface area (TPSA) is 0 Å². The Hall–Kier alpha value is -0.610. The Labute approximate surface area is 96.2 Å². The van der Waals surface area contributed by atoms with Gasteiger partial charge in [0.2, 0.25) is 0 Å². The van der Waals surface area contributed by atoms with Crippen molar-refractivity contribution in [2.75, 3.05) is 20.0 Å². The average Bonchev–Trinajstić information content (AvgIpc) is 2.67. The molecule has 15 heavy (non-hydrogen) atoms. The fourth-order valence-electron chi connectivity index (χ4n) is 1.20. The molecule has 1 heteroatoms. The van der Waals surface area contributed by atoms with E-state index < -0.39 is 0 Å². The summed E-state index contributed by atoms with van der Waals surface area (Å²) >= 11 is 0. The van der Waals surface area contributed by atoms with Gasteiger partial charge in [0.25, 0.3) is 0 Å². The average molecular weight is 222 g/mol. The van der Waals surface area contributed by atoms with Gasteiger partial charge in [-0.25, -0.2) is 0 Å². The molecule has 0 atom stereocenters. The predicted molar refractivity (Wildman–Crippen MR) is 75.2 cm³/mol. The molecule has 0 nitrogen and oxygen atoms in total. The molecular weight excluding hydrogens is 199 g/mol. The first-order valence-electron chi connectivity index (χ1n) is 5.55. The molecule has 1 aromatic rings. The summed E-state index contributed by atoms with van der Waals surface area (Å²) in [6.45, 7) is 10.7. The number of allylic oxidation sites excluding steroid dienone is 1. The second-order valence-corrected chi connectivity index (χ2v) is 6.33. The van der Waals surface area contributed by atoms with E-state index in [1.165, 1.54) is 11.1 Å². The van der Waals surface area contributed by atoms with Crippen molar-refractivity contribution in [3.05, 3.63) is 41.5 Å². The predicted octanol–water partition coefficient (Wildman–Crippen LogP) is 4.64. The van der Waals surface area contributed by atoms with Crippen molar-refractivity contribution < 1.29 is 0 Å². The number of benzene rings is 1. The first-order valence-corrected chi connectivity index (χ1v) is 8.24. The van der Waals surface area contributed by atoms with Crippen LogP contribution in [0.3, 0.4) is 0 Å². The monoisotopic (exact) mass is 222 g/mol. The Kier molecular flexibility index (Phi) is 8.33. The highest BCUT2D eigenvalue weighted by Gasteiger charge is 2.00. The molecule has 0 saturated heterocycles. The summed E-state index contributed by atoms with van der Waals surface area (Å²) in [4.78, 5) is 0. The largest absolute Gasteiger partial charge is 0.116 e. The summed E-state index contributed by atoms with van der Waals surface area (Å²) in [5, 5.41) is 0. The van der Waals surface area contributed by atoms with Crippen molar-refractivity contribution in [3.8, 4) is 0 Å². The Balaban J connectivity index is 0.000000282. The smallest absolute Gasteiger partial charge is 0.00882 e. The standard InChI is InChI=1S/C9H8.C3H9P.C2H6/c1-2-5-9-7-3-6-8(9)4-1;1-4(2)3;1-2/h1-6H,7H2;1-3H3;1-2H3. The maximum absolute atomic E-state index is 2.23. The van der Waals surface area contributed by atoms with Crippen molar-refractivity contribution in [1.29, 1.82) is 0 Å². The Morgan fingerprint density at radius 1 is 1.00 bits per heavy atom. The van der Waals surface area contributed by atoms with Crippen molar-refractivity contribution >= 4 is 14.0 Å². The van der Waals surface area contributed by atoms with Crippen LogP contribution in [0.2, 0.25) is 0 Å². The summed E-state index contributed by atoms with van der Waals surface area (Å²) in [5.41, 5.74) is 2.84. The lowest BCUT2D eigenvalue weighted by molar-refractivity contribution is 1.31. The van der Waals surface area contributed by atoms with Crippen LogP contribution in [-0.2, 0) is 6.42 Å². The van der Waals surface area contributed by atoms with E-state index in [9.17, 15) is 0 Å². The van der Waals surface area contributed by atoms with Gasteiger partial charge in [-0.2, -0.15) is 0 Å². The lowest BCUT2D eigenvalue weighted by atomic mass is 10.1. The number of fused-ring (bicyclic) bond motifs is 1. The van der Waals surface area contributed by atoms with Gasteiger partial charge in [0.05, 0.1) is 0 Å². The van der Waals surface area contributed by atoms with Crippen LogP contribution in [0.4, 0.5) is 0 Å². The van der Waals surface area contributed by atoms with Crippen molar-refractivity contribution in [2.24, 2.45) is 0 Å². The third-order valence-corrected chi connectivity index (χ3v) is 1.69. The normalized spacial score (nSPS) is 11.1. The zero-order valence-corrected chi connectivity index (χ0v) is 11.5. The van der Waals surface area contributed by atoms with E-state index >= 15 is 0 Å². The van der Waals surface area contributed by atoms with Crippen LogP contribution in [0.1, 0.15) is 25.0 Å². The minimum absolute atomic E-state index is 0.380. The van der Waals surface area contributed by atoms with Crippen LogP contribution in [0.25, 0.3) is 6.08 Å². The van der Waals surface area contributed by atoms with Crippen molar-refractivity contribution in [3.63, 3.8) is 0 Å². The van der Waals surface area contributed by atoms with Gasteiger partial charge in [0.15, 0.2) is 0 Å². The number of rotatable bonds is 0. The molecule has 2 rings (SSSR count). The van der Waals surface area contributed by atoms with Gasteiger partial charge >= 0.3 is 0 Å². The zero-order valence-electron chi connectivity index (χ0n) is 10.6. The van der Waals surface area contributed by atoms with E-state index in [0.717, 1.165) is 6.42 Å². The highest BCUT2D eigenvalue weighted by molar-refractivity contribution is 7.55. The lowest BCUT2D eigenvalue weighted by Crippen LogP contribution is -1.76. The van der Waals surface area contributed by atoms with Gasteiger partial charge in [0.1, 0.15) is 0 Å². The molecule has 0 bridgehead atoms. The SMILES string of the molecule is C1=Cc2ccccc2C1.CC.CP(C)C. The highest BCUT2D eigenvalue weighted by Crippen LogP contribution is 2.17. The zero-order chi connectivity index (χ0) is 11.7. The molecule has 84 valence electrons. The number of hydrogen-bond acceptors (Lipinski definition) is 0. The first-order chi connectivity index (χ1) is 7.20. The van der Waals surface area contributed by atoms with Crippen molar-refractivity contribution in [2.45, 2.75) is 20.3 Å². The quantitative estimate of drug-likeness (QED) is 0.561. The summed E-state index contributed by atoms with van der Waals surface area (Å²) in [6, 6.07) is 8.49. The first kappa shape index (κ1) is 14.4. The van der Waals surface area contributed by atoms with Gasteiger partial charge in [-0.1, -0.05) is 50.3 Å². The molecule has 0 aromatic heterocycles. The van der Waals surface area contributed by atoms with E-state index in [4.69, 9.17) is 0 Å². The summed E-state index contributed by atoms with van der Waals surface area (Å²) in [6.07, 6.45) is 5.50. The molecule has 0 N–H and O–H groups in total. The van der Waals surface area contributed by atoms with Crippen LogP contribution < -0.4 is 0 Å². The highest BCUT2D eigenvalue weighted by atomic mass is 31.1. The number of hydrogen-bond donors (Lipinski definition) is 0. The molecule has 1 aliphatic rings. The summed E-state index contributed by atoms with van der Waals surface area (Å²) < 4.78 is 0. The van der Waals surface area contributed by atoms with Gasteiger partial charge < -0.3 is 0 Å². The third kappa shape index (κ3) is 6.47. The summed E-state index contributed by atoms with van der Waals surface area (Å²) in [7, 11) is 0.380. The van der Waals surface area contributed by atoms with Crippen LogP contribution >= 0.6 is 7.92 Å². The maximum atomic E-state index is 2.23. The maximum Gasteiger partial charge on any atom is -0.00882 e. The molecule has 0 amide bonds. The molecule has 0 saturated carbocycles. The van der Waals surface area contributed by atoms with E-state index in [2.05, 4.69) is 56.4 Å². The lowest BCUT2D eigenvalue weighted by Gasteiger charge is -1.93. The minimum atomic E-state index is 0.380. The van der Waals surface area contributed by atoms with Crippen LogP contribution in [0, 0.1) is 0 Å².